The van der Waals surface area contributed by atoms with Gasteiger partial charge in [-0.1, -0.05) is 66.7 Å². The summed E-state index contributed by atoms with van der Waals surface area (Å²) in [6, 6.07) is 26.5. The van der Waals surface area contributed by atoms with Crippen LogP contribution in [0, 0.1) is 6.92 Å². The largest absolute Gasteiger partial charge is 0.309 e. The minimum absolute atomic E-state index is 0.617. The Balaban J connectivity index is 1.66. The number of benzene rings is 3. The van der Waals surface area contributed by atoms with Gasteiger partial charge in [0.05, 0.1) is 11.4 Å². The molecule has 0 spiro atoms. The quantitative estimate of drug-likeness (QED) is 0.0887. The standard InChI is InChI=1S/C36H44N8/c1-28-34(31-18-14-29(15-19-31)26-38-22-10-24-42(3)4)40-35(41-36(28)44(37-2)33-12-8-7-9-13-33)32-20-16-30(17-21-32)27-39-23-11-25-43(5)6/h7-9,12-21,26-27H,2,10-11,22-25H2,1,3-6H3. The number of hydrogen-bond donors (Lipinski definition) is 0. The van der Waals surface area contributed by atoms with Crippen molar-refractivity contribution in [3.05, 3.63) is 95.6 Å². The number of rotatable bonds is 15. The van der Waals surface area contributed by atoms with Gasteiger partial charge in [0.1, 0.15) is 0 Å². The molecule has 228 valence electrons. The Morgan fingerprint density at radius 2 is 1.20 bits per heavy atom. The predicted molar refractivity (Wildman–Crippen MR) is 187 cm³/mol. The van der Waals surface area contributed by atoms with Gasteiger partial charge in [0, 0.05) is 48.9 Å². The molecule has 8 nitrogen and oxygen atoms in total. The molecule has 1 heterocycles. The van der Waals surface area contributed by atoms with E-state index in [0.29, 0.717) is 11.6 Å². The molecule has 4 rings (SSSR count). The molecule has 0 saturated heterocycles. The van der Waals surface area contributed by atoms with E-state index in [1.165, 1.54) is 0 Å². The number of aliphatic imine (C=N–C) groups is 2. The van der Waals surface area contributed by atoms with Crippen LogP contribution in [-0.2, 0) is 0 Å². The van der Waals surface area contributed by atoms with Crippen molar-refractivity contribution in [2.45, 2.75) is 19.8 Å². The average Bonchev–Trinajstić information content (AvgIpc) is 3.03. The molecule has 0 fully saturated rings. The Kier molecular flexibility index (Phi) is 12.0. The Labute approximate surface area is 262 Å². The summed E-state index contributed by atoms with van der Waals surface area (Å²) in [5.41, 5.74) is 6.65. The van der Waals surface area contributed by atoms with Crippen molar-refractivity contribution >= 4 is 30.7 Å². The molecule has 0 radical (unpaired) electrons. The van der Waals surface area contributed by atoms with Gasteiger partial charge in [-0.3, -0.25) is 9.98 Å². The summed E-state index contributed by atoms with van der Waals surface area (Å²) in [5, 5.41) is 6.13. The molecule has 0 amide bonds. The number of hydrazone groups is 1. The Bertz CT molecular complexity index is 1530. The topological polar surface area (TPSA) is 72.6 Å². The molecule has 4 aromatic rings. The number of aromatic nitrogens is 2. The number of anilines is 2. The first-order valence-corrected chi connectivity index (χ1v) is 15.1. The van der Waals surface area contributed by atoms with Crippen molar-refractivity contribution in [3.8, 4) is 22.6 Å². The van der Waals surface area contributed by atoms with Gasteiger partial charge in [-0.05, 0) is 84.3 Å². The number of hydrogen-bond acceptors (Lipinski definition) is 8. The summed E-state index contributed by atoms with van der Waals surface area (Å²) in [4.78, 5) is 23.6. The maximum absolute atomic E-state index is 5.07. The molecular weight excluding hydrogens is 544 g/mol. The zero-order valence-corrected chi connectivity index (χ0v) is 26.7. The van der Waals surface area contributed by atoms with Crippen LogP contribution < -0.4 is 5.01 Å². The third-order valence-corrected chi connectivity index (χ3v) is 7.08. The molecule has 0 saturated carbocycles. The first-order chi connectivity index (χ1) is 21.4. The molecule has 0 N–H and O–H groups in total. The summed E-state index contributed by atoms with van der Waals surface area (Å²) >= 11 is 0. The van der Waals surface area contributed by atoms with Crippen LogP contribution in [0.4, 0.5) is 11.5 Å². The summed E-state index contributed by atoms with van der Waals surface area (Å²) in [6.07, 6.45) is 5.93. The monoisotopic (exact) mass is 588 g/mol. The van der Waals surface area contributed by atoms with Gasteiger partial charge in [0.15, 0.2) is 11.6 Å². The van der Waals surface area contributed by atoms with E-state index in [9.17, 15) is 0 Å². The fourth-order valence-corrected chi connectivity index (χ4v) is 4.70. The van der Waals surface area contributed by atoms with Crippen molar-refractivity contribution in [2.75, 3.05) is 59.4 Å². The highest BCUT2D eigenvalue weighted by atomic mass is 15.5. The molecule has 0 aliphatic heterocycles. The van der Waals surface area contributed by atoms with Crippen molar-refractivity contribution in [2.24, 2.45) is 15.1 Å². The van der Waals surface area contributed by atoms with Crippen LogP contribution in [0.1, 0.15) is 29.5 Å². The lowest BCUT2D eigenvalue weighted by Gasteiger charge is -2.22. The molecule has 0 bridgehead atoms. The minimum Gasteiger partial charge on any atom is -0.309 e. The van der Waals surface area contributed by atoms with Crippen LogP contribution in [0.25, 0.3) is 22.6 Å². The van der Waals surface area contributed by atoms with E-state index in [2.05, 4.69) is 96.2 Å². The molecule has 0 unspecified atom stereocenters. The Morgan fingerprint density at radius 3 is 1.70 bits per heavy atom. The molecular formula is C36H44N8. The molecule has 1 aromatic heterocycles. The summed E-state index contributed by atoms with van der Waals surface area (Å²) in [5.74, 6) is 1.30. The summed E-state index contributed by atoms with van der Waals surface area (Å²) in [6.45, 7) is 9.57. The normalized spacial score (nSPS) is 11.7. The van der Waals surface area contributed by atoms with Crippen molar-refractivity contribution < 1.29 is 0 Å². The van der Waals surface area contributed by atoms with E-state index in [0.717, 1.165) is 78.2 Å². The van der Waals surface area contributed by atoms with Crippen LogP contribution in [-0.4, -0.2) is 93.3 Å². The highest BCUT2D eigenvalue weighted by Crippen LogP contribution is 2.34. The second-order valence-electron chi connectivity index (χ2n) is 11.3. The van der Waals surface area contributed by atoms with Crippen LogP contribution in [0.5, 0.6) is 0 Å². The number of nitrogens with zero attached hydrogens (tertiary/aromatic N) is 8. The number of para-hydroxylation sites is 1. The molecule has 0 aliphatic rings. The second kappa shape index (κ2) is 16.4. The molecule has 44 heavy (non-hydrogen) atoms. The van der Waals surface area contributed by atoms with E-state index in [1.807, 2.05) is 61.8 Å². The SMILES string of the molecule is C=NN(c1ccccc1)c1nc(-c2ccc(C=NCCCN(C)C)cc2)nc(-c2ccc(C=NCCCN(C)C)cc2)c1C. The van der Waals surface area contributed by atoms with Gasteiger partial charge in [-0.2, -0.15) is 5.10 Å². The third kappa shape index (κ3) is 9.23. The van der Waals surface area contributed by atoms with E-state index < -0.39 is 0 Å². The minimum atomic E-state index is 0.617. The zero-order valence-electron chi connectivity index (χ0n) is 26.7. The maximum Gasteiger partial charge on any atom is 0.162 e. The predicted octanol–water partition coefficient (Wildman–Crippen LogP) is 6.61. The van der Waals surface area contributed by atoms with Crippen molar-refractivity contribution in [3.63, 3.8) is 0 Å². The first-order valence-electron chi connectivity index (χ1n) is 15.1. The molecule has 0 atom stereocenters. The molecule has 0 aliphatic carbocycles. The third-order valence-electron chi connectivity index (χ3n) is 7.08. The van der Waals surface area contributed by atoms with Gasteiger partial charge in [0.25, 0.3) is 0 Å². The van der Waals surface area contributed by atoms with E-state index >= 15 is 0 Å². The van der Waals surface area contributed by atoms with Gasteiger partial charge in [0.2, 0.25) is 0 Å². The summed E-state index contributed by atoms with van der Waals surface area (Å²) in [7, 11) is 8.32. The molecule has 8 heteroatoms. The highest BCUT2D eigenvalue weighted by molar-refractivity contribution is 5.83. The van der Waals surface area contributed by atoms with Crippen molar-refractivity contribution in [1.82, 2.24) is 19.8 Å². The Hall–Kier alpha value is -4.53. The lowest BCUT2D eigenvalue weighted by molar-refractivity contribution is 0.403. The second-order valence-corrected chi connectivity index (χ2v) is 11.3. The average molecular weight is 589 g/mol. The van der Waals surface area contributed by atoms with Gasteiger partial charge < -0.3 is 9.80 Å². The highest BCUT2D eigenvalue weighted by Gasteiger charge is 2.19. The lowest BCUT2D eigenvalue weighted by atomic mass is 10.0. The van der Waals surface area contributed by atoms with Gasteiger partial charge in [-0.15, -0.1) is 0 Å². The van der Waals surface area contributed by atoms with Gasteiger partial charge in [-0.25, -0.2) is 15.0 Å². The van der Waals surface area contributed by atoms with E-state index in [1.54, 1.807) is 5.01 Å². The van der Waals surface area contributed by atoms with Crippen LogP contribution >= 0.6 is 0 Å². The smallest absolute Gasteiger partial charge is 0.162 e. The fourth-order valence-electron chi connectivity index (χ4n) is 4.70. The Morgan fingerprint density at radius 1 is 0.682 bits per heavy atom. The fraction of sp³-hybridized carbons (Fsp3) is 0.306. The maximum atomic E-state index is 5.07. The van der Waals surface area contributed by atoms with Crippen LogP contribution in [0.15, 0.2) is 93.9 Å². The lowest BCUT2D eigenvalue weighted by Crippen LogP contribution is -2.13. The van der Waals surface area contributed by atoms with Crippen molar-refractivity contribution in [1.29, 1.82) is 0 Å². The summed E-state index contributed by atoms with van der Waals surface area (Å²) < 4.78 is 0. The first kappa shape index (κ1) is 32.4. The van der Waals surface area contributed by atoms with Crippen LogP contribution in [0.3, 0.4) is 0 Å². The van der Waals surface area contributed by atoms with Crippen LogP contribution in [0.2, 0.25) is 0 Å². The van der Waals surface area contributed by atoms with E-state index in [-0.39, 0.29) is 0 Å². The zero-order chi connectivity index (χ0) is 31.3. The molecule has 3 aromatic carbocycles. The van der Waals surface area contributed by atoms with E-state index in [4.69, 9.17) is 9.97 Å². The van der Waals surface area contributed by atoms with Gasteiger partial charge >= 0.3 is 0 Å².